The highest BCUT2D eigenvalue weighted by Crippen LogP contribution is 2.40. The second kappa shape index (κ2) is 5.49. The van der Waals surface area contributed by atoms with Gasteiger partial charge in [0, 0.05) is 11.5 Å². The number of rotatable bonds is 4. The van der Waals surface area contributed by atoms with Crippen LogP contribution >= 0.6 is 11.6 Å². The van der Waals surface area contributed by atoms with E-state index in [-0.39, 0.29) is 12.1 Å². The van der Waals surface area contributed by atoms with Gasteiger partial charge in [-0.05, 0) is 32.6 Å². The third-order valence-electron chi connectivity index (χ3n) is 4.54. The molecule has 2 saturated carbocycles. The zero-order valence-electron chi connectivity index (χ0n) is 12.0. The Morgan fingerprint density at radius 3 is 2.55 bits per heavy atom. The Hall–Kier alpha value is -0.870. The third-order valence-corrected chi connectivity index (χ3v) is 4.91. The monoisotopic (exact) mass is 295 g/mol. The molecule has 0 atom stereocenters. The minimum atomic E-state index is -0.235. The molecule has 2 aliphatic carbocycles. The first-order chi connectivity index (χ1) is 9.63. The molecule has 0 spiro atoms. The first kappa shape index (κ1) is 14.1. The molecule has 4 nitrogen and oxygen atoms in total. The summed E-state index contributed by atoms with van der Waals surface area (Å²) >= 11 is 6.24. The van der Waals surface area contributed by atoms with E-state index in [1.165, 1.54) is 6.42 Å². The number of nitrogens with zero attached hydrogens (tertiary/aromatic N) is 2. The predicted octanol–water partition coefficient (Wildman–Crippen LogP) is 3.42. The average Bonchev–Trinajstić information content (AvgIpc) is 3.29. The third kappa shape index (κ3) is 2.77. The van der Waals surface area contributed by atoms with Gasteiger partial charge in [-0.2, -0.15) is 0 Å². The molecule has 0 aliphatic heterocycles. The SMILES string of the molecule is Cc1c(Cl)nc(C2CC2)nc1NC1(CO)CCCCC1. The van der Waals surface area contributed by atoms with Gasteiger partial charge in [0.25, 0.3) is 0 Å². The quantitative estimate of drug-likeness (QED) is 0.836. The van der Waals surface area contributed by atoms with E-state index in [0.29, 0.717) is 11.1 Å². The first-order valence-corrected chi connectivity index (χ1v) is 7.94. The number of aliphatic hydroxyl groups is 1. The molecule has 2 aliphatic rings. The summed E-state index contributed by atoms with van der Waals surface area (Å²) in [6.07, 6.45) is 7.85. The molecule has 0 amide bonds. The van der Waals surface area contributed by atoms with Crippen molar-refractivity contribution in [2.45, 2.75) is 63.3 Å². The van der Waals surface area contributed by atoms with Crippen LogP contribution in [-0.2, 0) is 0 Å². The fourth-order valence-electron chi connectivity index (χ4n) is 2.95. The van der Waals surface area contributed by atoms with Crippen molar-refractivity contribution in [3.05, 3.63) is 16.5 Å². The molecule has 0 radical (unpaired) electrons. The molecular weight excluding hydrogens is 274 g/mol. The summed E-state index contributed by atoms with van der Waals surface area (Å²) in [5, 5.41) is 13.8. The second-order valence-corrected chi connectivity index (χ2v) is 6.60. The van der Waals surface area contributed by atoms with Gasteiger partial charge in [-0.25, -0.2) is 9.97 Å². The highest BCUT2D eigenvalue weighted by molar-refractivity contribution is 6.30. The van der Waals surface area contributed by atoms with Crippen molar-refractivity contribution in [3.8, 4) is 0 Å². The maximum Gasteiger partial charge on any atom is 0.137 e. The van der Waals surface area contributed by atoms with Crippen molar-refractivity contribution in [3.63, 3.8) is 0 Å². The highest BCUT2D eigenvalue weighted by Gasteiger charge is 2.33. The molecule has 0 saturated heterocycles. The van der Waals surface area contributed by atoms with E-state index in [1.54, 1.807) is 0 Å². The molecule has 1 aromatic rings. The zero-order chi connectivity index (χ0) is 14.2. The number of aliphatic hydroxyl groups excluding tert-OH is 1. The van der Waals surface area contributed by atoms with Crippen molar-refractivity contribution < 1.29 is 5.11 Å². The van der Waals surface area contributed by atoms with Gasteiger partial charge < -0.3 is 10.4 Å². The fourth-order valence-corrected chi connectivity index (χ4v) is 3.13. The van der Waals surface area contributed by atoms with Gasteiger partial charge in [-0.1, -0.05) is 30.9 Å². The molecule has 5 heteroatoms. The molecule has 1 heterocycles. The van der Waals surface area contributed by atoms with Gasteiger partial charge in [0.2, 0.25) is 0 Å². The van der Waals surface area contributed by atoms with E-state index in [2.05, 4.69) is 15.3 Å². The van der Waals surface area contributed by atoms with Gasteiger partial charge in [0.05, 0.1) is 12.1 Å². The lowest BCUT2D eigenvalue weighted by atomic mass is 9.82. The van der Waals surface area contributed by atoms with E-state index in [1.807, 2.05) is 6.92 Å². The van der Waals surface area contributed by atoms with Crippen molar-refractivity contribution in [1.29, 1.82) is 0 Å². The zero-order valence-corrected chi connectivity index (χ0v) is 12.7. The van der Waals surface area contributed by atoms with Gasteiger partial charge >= 0.3 is 0 Å². The average molecular weight is 296 g/mol. The molecule has 2 fully saturated rings. The van der Waals surface area contributed by atoms with E-state index in [4.69, 9.17) is 11.6 Å². The number of aromatic nitrogens is 2. The van der Waals surface area contributed by atoms with E-state index >= 15 is 0 Å². The van der Waals surface area contributed by atoms with Gasteiger partial charge in [-0.3, -0.25) is 0 Å². The highest BCUT2D eigenvalue weighted by atomic mass is 35.5. The van der Waals surface area contributed by atoms with Crippen molar-refractivity contribution in [2.24, 2.45) is 0 Å². The topological polar surface area (TPSA) is 58.0 Å². The summed E-state index contributed by atoms with van der Waals surface area (Å²) in [4.78, 5) is 9.05. The molecule has 0 bridgehead atoms. The van der Waals surface area contributed by atoms with Crippen molar-refractivity contribution in [1.82, 2.24) is 9.97 Å². The first-order valence-electron chi connectivity index (χ1n) is 7.57. The fraction of sp³-hybridized carbons (Fsp3) is 0.733. The molecular formula is C15H22ClN3O. The summed E-state index contributed by atoms with van der Waals surface area (Å²) in [6.45, 7) is 2.09. The molecule has 20 heavy (non-hydrogen) atoms. The van der Waals surface area contributed by atoms with Crippen molar-refractivity contribution >= 4 is 17.4 Å². The Morgan fingerprint density at radius 2 is 1.95 bits per heavy atom. The lowest BCUT2D eigenvalue weighted by Gasteiger charge is -2.37. The lowest BCUT2D eigenvalue weighted by Crippen LogP contribution is -2.44. The molecule has 110 valence electrons. The van der Waals surface area contributed by atoms with Gasteiger partial charge in [0.15, 0.2) is 0 Å². The summed E-state index contributed by atoms with van der Waals surface area (Å²) in [5.74, 6) is 2.14. The Balaban J connectivity index is 1.88. The van der Waals surface area contributed by atoms with Crippen LogP contribution in [0.1, 0.15) is 62.3 Å². The molecule has 3 rings (SSSR count). The molecule has 0 aromatic carbocycles. The van der Waals surface area contributed by atoms with E-state index < -0.39 is 0 Å². The molecule has 0 unspecified atom stereocenters. The van der Waals surface area contributed by atoms with Crippen LogP contribution in [0.15, 0.2) is 0 Å². The number of hydrogen-bond donors (Lipinski definition) is 2. The number of nitrogens with one attached hydrogen (secondary N) is 1. The van der Waals surface area contributed by atoms with Gasteiger partial charge in [-0.15, -0.1) is 0 Å². The summed E-state index contributed by atoms with van der Waals surface area (Å²) in [7, 11) is 0. The standard InChI is InChI=1S/C15H22ClN3O/c1-10-12(16)17-14(11-5-6-11)18-13(10)19-15(9-20)7-3-2-4-8-15/h11,20H,2-9H2,1H3,(H,17,18,19). The van der Waals surface area contributed by atoms with E-state index in [9.17, 15) is 5.11 Å². The Morgan fingerprint density at radius 1 is 1.25 bits per heavy atom. The predicted molar refractivity (Wildman–Crippen MR) is 80.3 cm³/mol. The van der Waals surface area contributed by atoms with Crippen LogP contribution < -0.4 is 5.32 Å². The number of hydrogen-bond acceptors (Lipinski definition) is 4. The second-order valence-electron chi connectivity index (χ2n) is 6.24. The summed E-state index contributed by atoms with van der Waals surface area (Å²) in [5.41, 5.74) is 0.649. The Labute approximate surface area is 125 Å². The normalized spacial score (nSPS) is 21.8. The Bertz CT molecular complexity index is 496. The summed E-state index contributed by atoms with van der Waals surface area (Å²) < 4.78 is 0. The van der Waals surface area contributed by atoms with E-state index in [0.717, 1.165) is 55.7 Å². The number of anilines is 1. The largest absolute Gasteiger partial charge is 0.394 e. The molecule has 2 N–H and O–H groups in total. The lowest BCUT2D eigenvalue weighted by molar-refractivity contribution is 0.172. The van der Waals surface area contributed by atoms with Crippen molar-refractivity contribution in [2.75, 3.05) is 11.9 Å². The van der Waals surface area contributed by atoms with Crippen LogP contribution in [0.2, 0.25) is 5.15 Å². The van der Waals surface area contributed by atoms with Crippen LogP contribution in [0.5, 0.6) is 0 Å². The van der Waals surface area contributed by atoms with Crippen LogP contribution in [0.3, 0.4) is 0 Å². The van der Waals surface area contributed by atoms with Crippen LogP contribution in [0.4, 0.5) is 5.82 Å². The number of halogens is 1. The minimum absolute atomic E-state index is 0.146. The van der Waals surface area contributed by atoms with Gasteiger partial charge in [0.1, 0.15) is 16.8 Å². The Kier molecular flexibility index (Phi) is 3.87. The van der Waals surface area contributed by atoms with Crippen LogP contribution in [0.25, 0.3) is 0 Å². The van der Waals surface area contributed by atoms with Crippen LogP contribution in [0, 0.1) is 6.92 Å². The minimum Gasteiger partial charge on any atom is -0.394 e. The summed E-state index contributed by atoms with van der Waals surface area (Å²) in [6, 6.07) is 0. The molecule has 1 aromatic heterocycles. The smallest absolute Gasteiger partial charge is 0.137 e. The van der Waals surface area contributed by atoms with Crippen LogP contribution in [-0.4, -0.2) is 27.2 Å². The maximum absolute atomic E-state index is 9.81. The maximum atomic E-state index is 9.81.